The lowest BCUT2D eigenvalue weighted by molar-refractivity contribution is 0.0950. The second-order valence-corrected chi connectivity index (χ2v) is 3.88. The van der Waals surface area contributed by atoms with Gasteiger partial charge in [0.2, 0.25) is 0 Å². The topological polar surface area (TPSA) is 67.2 Å². The van der Waals surface area contributed by atoms with Gasteiger partial charge in [-0.15, -0.1) is 0 Å². The van der Waals surface area contributed by atoms with Gasteiger partial charge in [0.1, 0.15) is 5.69 Å². The molecule has 0 aliphatic rings. The van der Waals surface area contributed by atoms with Crippen molar-refractivity contribution in [3.63, 3.8) is 0 Å². The Balaban J connectivity index is 1.94. The van der Waals surface area contributed by atoms with Crippen molar-refractivity contribution in [3.05, 3.63) is 59.7 Å². The van der Waals surface area contributed by atoms with E-state index >= 15 is 0 Å². The van der Waals surface area contributed by atoms with Crippen LogP contribution in [0.3, 0.4) is 0 Å². The zero-order valence-electron chi connectivity index (χ0n) is 10.6. The van der Waals surface area contributed by atoms with Crippen LogP contribution in [0.5, 0.6) is 0 Å². The van der Waals surface area contributed by atoms with Crippen LogP contribution >= 0.6 is 0 Å². The van der Waals surface area contributed by atoms with E-state index < -0.39 is 0 Å². The van der Waals surface area contributed by atoms with Gasteiger partial charge in [0, 0.05) is 12.4 Å². The van der Waals surface area contributed by atoms with Gasteiger partial charge in [0.05, 0.1) is 12.4 Å². The van der Waals surface area contributed by atoms with Crippen molar-refractivity contribution in [2.24, 2.45) is 5.10 Å². The van der Waals surface area contributed by atoms with Crippen LogP contribution in [0.4, 0.5) is 0 Å². The number of hydrogen-bond acceptors (Lipinski definition) is 4. The van der Waals surface area contributed by atoms with Crippen LogP contribution in [0.2, 0.25) is 0 Å². The molecule has 0 saturated carbocycles. The van der Waals surface area contributed by atoms with Gasteiger partial charge in [-0.25, -0.2) is 10.4 Å². The Morgan fingerprint density at radius 3 is 2.74 bits per heavy atom. The molecular weight excluding hydrogens is 240 g/mol. The molecule has 1 aromatic heterocycles. The van der Waals surface area contributed by atoms with Crippen LogP contribution < -0.4 is 5.43 Å². The van der Waals surface area contributed by atoms with Gasteiger partial charge in [-0.05, 0) is 17.5 Å². The fourth-order valence-corrected chi connectivity index (χ4v) is 1.48. The van der Waals surface area contributed by atoms with Gasteiger partial charge >= 0.3 is 0 Å². The SMILES string of the molecule is CCc1ccc(C=NNC(=O)c2cnccn2)cc1. The van der Waals surface area contributed by atoms with E-state index in [0.29, 0.717) is 0 Å². The highest BCUT2D eigenvalue weighted by Crippen LogP contribution is 2.02. The molecule has 0 fully saturated rings. The number of aryl methyl sites for hydroxylation is 1. The maximum absolute atomic E-state index is 11.6. The van der Waals surface area contributed by atoms with Crippen LogP contribution in [-0.4, -0.2) is 22.1 Å². The molecule has 0 radical (unpaired) electrons. The molecule has 1 N–H and O–H groups in total. The summed E-state index contributed by atoms with van der Waals surface area (Å²) in [6.07, 6.45) is 6.95. The van der Waals surface area contributed by atoms with Gasteiger partial charge in [0.15, 0.2) is 0 Å². The number of nitrogens with zero attached hydrogens (tertiary/aromatic N) is 3. The van der Waals surface area contributed by atoms with Crippen molar-refractivity contribution in [3.8, 4) is 0 Å². The molecule has 19 heavy (non-hydrogen) atoms. The Labute approximate surface area is 111 Å². The number of rotatable bonds is 4. The normalized spacial score (nSPS) is 10.6. The number of carbonyl (C=O) groups is 1. The van der Waals surface area contributed by atoms with Crippen LogP contribution in [0.1, 0.15) is 28.5 Å². The number of carbonyl (C=O) groups excluding carboxylic acids is 1. The van der Waals surface area contributed by atoms with Crippen molar-refractivity contribution >= 4 is 12.1 Å². The lowest BCUT2D eigenvalue weighted by Crippen LogP contribution is -2.19. The van der Waals surface area contributed by atoms with Gasteiger partial charge in [-0.3, -0.25) is 9.78 Å². The van der Waals surface area contributed by atoms with Crippen LogP contribution in [-0.2, 0) is 6.42 Å². The number of amides is 1. The lowest BCUT2D eigenvalue weighted by Gasteiger charge is -1.98. The standard InChI is InChI=1S/C14H14N4O/c1-2-11-3-5-12(6-4-11)9-17-18-14(19)13-10-15-7-8-16-13/h3-10H,2H2,1H3,(H,18,19). The summed E-state index contributed by atoms with van der Waals surface area (Å²) in [6.45, 7) is 2.10. The monoisotopic (exact) mass is 254 g/mol. The van der Waals surface area contributed by atoms with Crippen molar-refractivity contribution in [1.82, 2.24) is 15.4 Å². The third-order valence-corrected chi connectivity index (χ3v) is 2.56. The Bertz CT molecular complexity index is 564. The molecule has 0 spiro atoms. The summed E-state index contributed by atoms with van der Waals surface area (Å²) in [7, 11) is 0. The number of hydrogen-bond donors (Lipinski definition) is 1. The molecule has 0 unspecified atom stereocenters. The van der Waals surface area contributed by atoms with Crippen molar-refractivity contribution < 1.29 is 4.79 Å². The number of aromatic nitrogens is 2. The number of hydrazone groups is 1. The molecule has 5 heteroatoms. The first-order valence-electron chi connectivity index (χ1n) is 5.98. The Hall–Kier alpha value is -2.56. The summed E-state index contributed by atoms with van der Waals surface area (Å²) in [5.74, 6) is -0.380. The maximum Gasteiger partial charge on any atom is 0.291 e. The minimum atomic E-state index is -0.380. The smallest absolute Gasteiger partial charge is 0.265 e. The van der Waals surface area contributed by atoms with Crippen molar-refractivity contribution in [2.45, 2.75) is 13.3 Å². The average Bonchev–Trinajstić information content (AvgIpc) is 2.49. The molecule has 0 aliphatic heterocycles. The van der Waals surface area contributed by atoms with E-state index in [-0.39, 0.29) is 11.6 Å². The highest BCUT2D eigenvalue weighted by atomic mass is 16.2. The van der Waals surface area contributed by atoms with E-state index in [1.54, 1.807) is 6.21 Å². The average molecular weight is 254 g/mol. The zero-order chi connectivity index (χ0) is 13.5. The summed E-state index contributed by atoms with van der Waals surface area (Å²) < 4.78 is 0. The van der Waals surface area contributed by atoms with Crippen molar-refractivity contribution in [1.29, 1.82) is 0 Å². The van der Waals surface area contributed by atoms with Gasteiger partial charge in [0.25, 0.3) is 5.91 Å². The quantitative estimate of drug-likeness (QED) is 0.668. The second kappa shape index (κ2) is 6.39. The van der Waals surface area contributed by atoms with E-state index in [0.717, 1.165) is 12.0 Å². The molecule has 1 aromatic carbocycles. The fraction of sp³-hybridized carbons (Fsp3) is 0.143. The maximum atomic E-state index is 11.6. The summed E-state index contributed by atoms with van der Waals surface area (Å²) >= 11 is 0. The lowest BCUT2D eigenvalue weighted by atomic mass is 10.1. The molecular formula is C14H14N4O. The highest BCUT2D eigenvalue weighted by Gasteiger charge is 2.04. The van der Waals surface area contributed by atoms with Crippen LogP contribution in [0.25, 0.3) is 0 Å². The molecule has 1 heterocycles. The highest BCUT2D eigenvalue weighted by molar-refractivity contribution is 5.92. The van der Waals surface area contributed by atoms with E-state index in [1.165, 1.54) is 24.2 Å². The summed E-state index contributed by atoms with van der Waals surface area (Å²) in [6, 6.07) is 7.98. The van der Waals surface area contributed by atoms with Crippen LogP contribution in [0.15, 0.2) is 48.0 Å². The molecule has 2 rings (SSSR count). The third kappa shape index (κ3) is 3.70. The molecule has 5 nitrogen and oxygen atoms in total. The first-order chi connectivity index (χ1) is 9.29. The molecule has 0 saturated heterocycles. The second-order valence-electron chi connectivity index (χ2n) is 3.88. The van der Waals surface area contributed by atoms with E-state index in [4.69, 9.17) is 0 Å². The van der Waals surface area contributed by atoms with Crippen molar-refractivity contribution in [2.75, 3.05) is 0 Å². The summed E-state index contributed by atoms with van der Waals surface area (Å²) in [5, 5.41) is 3.88. The van der Waals surface area contributed by atoms with Gasteiger partial charge in [-0.2, -0.15) is 5.10 Å². The van der Waals surface area contributed by atoms with Crippen LogP contribution in [0, 0.1) is 0 Å². The largest absolute Gasteiger partial charge is 0.291 e. The Morgan fingerprint density at radius 1 is 1.32 bits per heavy atom. The van der Waals surface area contributed by atoms with Gasteiger partial charge in [-0.1, -0.05) is 31.2 Å². The molecule has 0 aliphatic carbocycles. The molecule has 96 valence electrons. The predicted octanol–water partition coefficient (Wildman–Crippen LogP) is 1.80. The third-order valence-electron chi connectivity index (χ3n) is 2.56. The molecule has 0 bridgehead atoms. The fourth-order valence-electron chi connectivity index (χ4n) is 1.48. The van der Waals surface area contributed by atoms with E-state index in [9.17, 15) is 4.79 Å². The molecule has 0 atom stereocenters. The molecule has 2 aromatic rings. The summed E-state index contributed by atoms with van der Waals surface area (Å²) in [4.78, 5) is 19.3. The summed E-state index contributed by atoms with van der Waals surface area (Å²) in [5.41, 5.74) is 4.83. The first kappa shape index (κ1) is 12.9. The van der Waals surface area contributed by atoms with E-state index in [2.05, 4.69) is 27.4 Å². The Kier molecular flexibility index (Phi) is 4.34. The minimum Gasteiger partial charge on any atom is -0.265 e. The number of nitrogens with one attached hydrogen (secondary N) is 1. The predicted molar refractivity (Wildman–Crippen MR) is 72.9 cm³/mol. The molecule has 1 amide bonds. The van der Waals surface area contributed by atoms with E-state index in [1.807, 2.05) is 24.3 Å². The minimum absolute atomic E-state index is 0.237. The van der Waals surface area contributed by atoms with Gasteiger partial charge < -0.3 is 0 Å². The Morgan fingerprint density at radius 2 is 2.11 bits per heavy atom. The first-order valence-corrected chi connectivity index (χ1v) is 5.98. The zero-order valence-corrected chi connectivity index (χ0v) is 10.6. The number of benzene rings is 1.